The summed E-state index contributed by atoms with van der Waals surface area (Å²) in [6.45, 7) is 3.64. The molecule has 0 unspecified atom stereocenters. The van der Waals surface area contributed by atoms with Gasteiger partial charge in [0.05, 0.1) is 5.75 Å². The molecule has 4 nitrogen and oxygen atoms in total. The minimum atomic E-state index is -0.0996. The Bertz CT molecular complexity index is 791. The highest BCUT2D eigenvalue weighted by atomic mass is 32.2. The molecule has 3 rings (SSSR count). The summed E-state index contributed by atoms with van der Waals surface area (Å²) in [6.07, 6.45) is 1.98. The van der Waals surface area contributed by atoms with Crippen LogP contribution >= 0.6 is 11.8 Å². The highest BCUT2D eigenvalue weighted by molar-refractivity contribution is 8.00. The molecule has 1 atom stereocenters. The number of carbonyl (C=O) groups excluding carboxylic acids is 2. The van der Waals surface area contributed by atoms with E-state index in [1.54, 1.807) is 11.8 Å². The molecule has 2 amide bonds. The molecular formula is C20H22N2O2S. The molecule has 1 N–H and O–H groups in total. The van der Waals surface area contributed by atoms with Gasteiger partial charge in [0.15, 0.2) is 0 Å². The second kappa shape index (κ2) is 7.74. The van der Waals surface area contributed by atoms with Crippen LogP contribution in [0.25, 0.3) is 0 Å². The number of nitrogens with zero attached hydrogens (tertiary/aromatic N) is 1. The van der Waals surface area contributed by atoms with Crippen LogP contribution in [0, 0.1) is 0 Å². The van der Waals surface area contributed by atoms with E-state index in [0.717, 1.165) is 29.8 Å². The van der Waals surface area contributed by atoms with E-state index in [-0.39, 0.29) is 17.2 Å². The van der Waals surface area contributed by atoms with E-state index in [9.17, 15) is 9.59 Å². The van der Waals surface area contributed by atoms with Crippen LogP contribution in [0.15, 0.2) is 48.5 Å². The third-order valence-corrected chi connectivity index (χ3v) is 5.34. The molecule has 25 heavy (non-hydrogen) atoms. The minimum absolute atomic E-state index is 0.0702. The summed E-state index contributed by atoms with van der Waals surface area (Å²) in [5.74, 6) is 0.496. The predicted molar refractivity (Wildman–Crippen MR) is 104 cm³/mol. The largest absolute Gasteiger partial charge is 0.326 e. The first kappa shape index (κ1) is 17.5. The van der Waals surface area contributed by atoms with Gasteiger partial charge in [-0.15, -0.1) is 11.8 Å². The Kier molecular flexibility index (Phi) is 5.43. The average molecular weight is 354 g/mol. The van der Waals surface area contributed by atoms with Gasteiger partial charge >= 0.3 is 0 Å². The highest BCUT2D eigenvalue weighted by Crippen LogP contribution is 2.43. The lowest BCUT2D eigenvalue weighted by Gasteiger charge is -2.27. The van der Waals surface area contributed by atoms with Crippen LogP contribution in [-0.2, 0) is 16.0 Å². The van der Waals surface area contributed by atoms with Gasteiger partial charge in [-0.2, -0.15) is 0 Å². The fraction of sp³-hybridized carbons (Fsp3) is 0.300. The number of nitrogens with one attached hydrogen (secondary N) is 1. The molecule has 0 bridgehead atoms. The number of hydrogen-bond donors (Lipinski definition) is 1. The molecule has 1 saturated heterocycles. The summed E-state index contributed by atoms with van der Waals surface area (Å²) in [4.78, 5) is 25.8. The fourth-order valence-electron chi connectivity index (χ4n) is 3.13. The van der Waals surface area contributed by atoms with Crippen molar-refractivity contribution in [3.05, 3.63) is 59.7 Å². The van der Waals surface area contributed by atoms with Gasteiger partial charge in [0.2, 0.25) is 11.8 Å². The normalized spacial score (nSPS) is 17.0. The summed E-state index contributed by atoms with van der Waals surface area (Å²) in [7, 11) is 0. The molecule has 2 aromatic rings. The second-order valence-corrected chi connectivity index (χ2v) is 7.18. The van der Waals surface area contributed by atoms with Crippen LogP contribution in [0.2, 0.25) is 0 Å². The smallest absolute Gasteiger partial charge is 0.238 e. The van der Waals surface area contributed by atoms with Crippen molar-refractivity contribution in [1.82, 2.24) is 0 Å². The van der Waals surface area contributed by atoms with Crippen molar-refractivity contribution in [2.24, 2.45) is 0 Å². The van der Waals surface area contributed by atoms with Crippen molar-refractivity contribution < 1.29 is 9.59 Å². The molecule has 130 valence electrons. The number of anilines is 2. The number of rotatable bonds is 5. The fourth-order valence-corrected chi connectivity index (χ4v) is 4.29. The highest BCUT2D eigenvalue weighted by Gasteiger charge is 2.35. The van der Waals surface area contributed by atoms with Crippen LogP contribution in [-0.4, -0.2) is 17.6 Å². The average Bonchev–Trinajstić information content (AvgIpc) is 2.97. The number of aryl methyl sites for hydroxylation is 1. The zero-order valence-corrected chi connectivity index (χ0v) is 15.3. The van der Waals surface area contributed by atoms with E-state index in [1.165, 1.54) is 12.5 Å². The summed E-state index contributed by atoms with van der Waals surface area (Å²) in [5, 5.41) is 2.74. The van der Waals surface area contributed by atoms with Gasteiger partial charge in [0, 0.05) is 18.3 Å². The van der Waals surface area contributed by atoms with Gasteiger partial charge in [-0.3, -0.25) is 14.5 Å². The number of carbonyl (C=O) groups is 2. The lowest BCUT2D eigenvalue weighted by Crippen LogP contribution is -2.28. The third kappa shape index (κ3) is 3.87. The Balaban J connectivity index is 1.97. The summed E-state index contributed by atoms with van der Waals surface area (Å²) in [6, 6.07) is 15.9. The number of amides is 2. The molecule has 1 aliphatic rings. The zero-order chi connectivity index (χ0) is 17.8. The maximum Gasteiger partial charge on any atom is 0.238 e. The molecule has 0 radical (unpaired) electrons. The van der Waals surface area contributed by atoms with Crippen molar-refractivity contribution in [2.45, 2.75) is 32.1 Å². The zero-order valence-electron chi connectivity index (χ0n) is 14.5. The Hall–Kier alpha value is -2.27. The minimum Gasteiger partial charge on any atom is -0.326 e. The quantitative estimate of drug-likeness (QED) is 0.867. The first-order chi connectivity index (χ1) is 12.1. The van der Waals surface area contributed by atoms with Crippen molar-refractivity contribution in [3.8, 4) is 0 Å². The Labute approximate surface area is 152 Å². The molecule has 0 aliphatic carbocycles. The van der Waals surface area contributed by atoms with Gasteiger partial charge < -0.3 is 5.32 Å². The molecule has 1 heterocycles. The standard InChI is InChI=1S/C20H22N2O2S/c1-3-7-15-8-4-5-11-18(15)22-19(24)13-25-20(22)16-9-6-10-17(12-16)21-14(2)23/h4-6,8-12,20H,3,7,13H2,1-2H3,(H,21,23)/t20-/m1/s1. The number of hydrogen-bond acceptors (Lipinski definition) is 3. The maximum absolute atomic E-state index is 12.6. The summed E-state index contributed by atoms with van der Waals surface area (Å²) < 4.78 is 0. The summed E-state index contributed by atoms with van der Waals surface area (Å²) >= 11 is 1.62. The van der Waals surface area contributed by atoms with Crippen LogP contribution in [0.5, 0.6) is 0 Å². The molecule has 5 heteroatoms. The monoisotopic (exact) mass is 354 g/mol. The summed E-state index contributed by atoms with van der Waals surface area (Å²) in [5.41, 5.74) is 3.97. The third-order valence-electron chi connectivity index (χ3n) is 4.13. The molecule has 0 saturated carbocycles. The Morgan fingerprint density at radius 1 is 1.24 bits per heavy atom. The SMILES string of the molecule is CCCc1ccccc1N1C(=O)CS[C@@H]1c1cccc(NC(C)=O)c1. The van der Waals surface area contributed by atoms with Crippen LogP contribution in [0.4, 0.5) is 11.4 Å². The molecular weight excluding hydrogens is 332 g/mol. The van der Waals surface area contributed by atoms with Crippen molar-refractivity contribution in [3.63, 3.8) is 0 Å². The van der Waals surface area contributed by atoms with E-state index in [4.69, 9.17) is 0 Å². The lowest BCUT2D eigenvalue weighted by atomic mass is 10.1. The van der Waals surface area contributed by atoms with Crippen LogP contribution < -0.4 is 10.2 Å². The van der Waals surface area contributed by atoms with Gasteiger partial charge in [0.1, 0.15) is 5.37 Å². The molecule has 1 fully saturated rings. The van der Waals surface area contributed by atoms with E-state index >= 15 is 0 Å². The van der Waals surface area contributed by atoms with Crippen molar-refractivity contribution >= 4 is 35.0 Å². The van der Waals surface area contributed by atoms with E-state index in [0.29, 0.717) is 5.75 Å². The second-order valence-electron chi connectivity index (χ2n) is 6.11. The number of benzene rings is 2. The molecule has 0 aromatic heterocycles. The maximum atomic E-state index is 12.6. The molecule has 2 aromatic carbocycles. The topological polar surface area (TPSA) is 49.4 Å². The molecule has 1 aliphatic heterocycles. The molecule has 0 spiro atoms. The first-order valence-corrected chi connectivity index (χ1v) is 9.54. The van der Waals surface area contributed by atoms with Crippen LogP contribution in [0.1, 0.15) is 36.8 Å². The van der Waals surface area contributed by atoms with Crippen molar-refractivity contribution in [2.75, 3.05) is 16.0 Å². The predicted octanol–water partition coefficient (Wildman–Crippen LogP) is 4.38. The lowest BCUT2D eigenvalue weighted by molar-refractivity contribution is -0.116. The van der Waals surface area contributed by atoms with Crippen molar-refractivity contribution in [1.29, 1.82) is 0 Å². The first-order valence-electron chi connectivity index (χ1n) is 8.49. The van der Waals surface area contributed by atoms with Gasteiger partial charge in [-0.1, -0.05) is 43.7 Å². The van der Waals surface area contributed by atoms with Gasteiger partial charge in [-0.25, -0.2) is 0 Å². The van der Waals surface area contributed by atoms with Gasteiger partial charge in [0.25, 0.3) is 0 Å². The Morgan fingerprint density at radius 3 is 2.80 bits per heavy atom. The number of thioether (sulfide) groups is 1. The van der Waals surface area contributed by atoms with E-state index in [1.807, 2.05) is 47.4 Å². The number of para-hydroxylation sites is 1. The van der Waals surface area contributed by atoms with E-state index < -0.39 is 0 Å². The van der Waals surface area contributed by atoms with Crippen LogP contribution in [0.3, 0.4) is 0 Å². The van der Waals surface area contributed by atoms with Gasteiger partial charge in [-0.05, 0) is 35.7 Å². The van der Waals surface area contributed by atoms with E-state index in [2.05, 4.69) is 18.3 Å². The Morgan fingerprint density at radius 2 is 2.04 bits per heavy atom.